The molecule has 0 saturated carbocycles. The lowest BCUT2D eigenvalue weighted by molar-refractivity contribution is 0.0685. The number of halogens is 1. The fourth-order valence-electron chi connectivity index (χ4n) is 2.75. The molecule has 26 heavy (non-hydrogen) atoms. The van der Waals surface area contributed by atoms with Gasteiger partial charge < -0.3 is 14.1 Å². The molecule has 0 aliphatic carbocycles. The fourth-order valence-corrected chi connectivity index (χ4v) is 3.80. The second kappa shape index (κ2) is 7.21. The van der Waals surface area contributed by atoms with E-state index < -0.39 is 20.1 Å². The van der Waals surface area contributed by atoms with Crippen LogP contribution in [0.3, 0.4) is 0 Å². The van der Waals surface area contributed by atoms with Gasteiger partial charge in [-0.25, -0.2) is 9.18 Å². The number of carboxylic acid groups (broad SMARTS) is 1. The number of rotatable bonds is 6. The molecule has 140 valence electrons. The average Bonchev–Trinajstić information content (AvgIpc) is 2.80. The van der Waals surface area contributed by atoms with Crippen molar-refractivity contribution in [2.24, 2.45) is 0 Å². The molecule has 1 aromatic carbocycles. The molecule has 1 aromatic heterocycles. The summed E-state index contributed by atoms with van der Waals surface area (Å²) in [7, 11) is -1.95. The third-order valence-corrected chi connectivity index (χ3v) is 9.72. The van der Waals surface area contributed by atoms with Crippen LogP contribution < -0.4 is 0 Å². The highest BCUT2D eigenvalue weighted by Crippen LogP contribution is 2.37. The summed E-state index contributed by atoms with van der Waals surface area (Å²) < 4.78 is 21.2. The molecule has 0 spiro atoms. The SMILES string of the molecule is CC(C)(C)[Si](C)(C)OCCc1c(C(=O)O)n(CC#N)c2cc(F)ccc12. The van der Waals surface area contributed by atoms with Gasteiger partial charge in [-0.05, 0) is 48.3 Å². The number of aromatic carboxylic acids is 1. The van der Waals surface area contributed by atoms with Crippen molar-refractivity contribution in [1.82, 2.24) is 4.57 Å². The molecule has 5 nitrogen and oxygen atoms in total. The first-order valence-corrected chi connectivity index (χ1v) is 11.4. The second-order valence-electron chi connectivity index (χ2n) is 7.90. The van der Waals surface area contributed by atoms with E-state index in [1.807, 2.05) is 6.07 Å². The maximum atomic E-state index is 13.7. The van der Waals surface area contributed by atoms with Crippen LogP contribution >= 0.6 is 0 Å². The van der Waals surface area contributed by atoms with E-state index in [-0.39, 0.29) is 17.3 Å². The lowest BCUT2D eigenvalue weighted by Gasteiger charge is -2.36. The summed E-state index contributed by atoms with van der Waals surface area (Å²) in [4.78, 5) is 11.8. The highest BCUT2D eigenvalue weighted by molar-refractivity contribution is 6.74. The zero-order chi connectivity index (χ0) is 19.7. The molecule has 0 unspecified atom stereocenters. The van der Waals surface area contributed by atoms with Gasteiger partial charge in [0.1, 0.15) is 18.1 Å². The zero-order valence-electron chi connectivity index (χ0n) is 15.9. The summed E-state index contributed by atoms with van der Waals surface area (Å²) in [5, 5.41) is 19.4. The van der Waals surface area contributed by atoms with Crippen LogP contribution in [0.2, 0.25) is 18.1 Å². The van der Waals surface area contributed by atoms with Gasteiger partial charge in [0, 0.05) is 12.0 Å². The first kappa shape index (κ1) is 20.1. The quantitative estimate of drug-likeness (QED) is 0.750. The van der Waals surface area contributed by atoms with Crippen molar-refractivity contribution in [3.63, 3.8) is 0 Å². The lowest BCUT2D eigenvalue weighted by Crippen LogP contribution is -2.41. The summed E-state index contributed by atoms with van der Waals surface area (Å²) in [5.74, 6) is -1.59. The number of benzene rings is 1. The van der Waals surface area contributed by atoms with Crippen LogP contribution in [0.1, 0.15) is 36.8 Å². The van der Waals surface area contributed by atoms with E-state index in [4.69, 9.17) is 9.69 Å². The molecule has 0 atom stereocenters. The van der Waals surface area contributed by atoms with E-state index in [1.165, 1.54) is 16.7 Å². The van der Waals surface area contributed by atoms with E-state index in [9.17, 15) is 14.3 Å². The van der Waals surface area contributed by atoms with Crippen molar-refractivity contribution >= 4 is 25.2 Å². The molecule has 1 N–H and O–H groups in total. The van der Waals surface area contributed by atoms with Crippen LogP contribution in [0, 0.1) is 17.1 Å². The Hall–Kier alpha value is -2.17. The van der Waals surface area contributed by atoms with Crippen LogP contribution in [0.4, 0.5) is 4.39 Å². The van der Waals surface area contributed by atoms with Crippen molar-refractivity contribution in [1.29, 1.82) is 5.26 Å². The summed E-state index contributed by atoms with van der Waals surface area (Å²) in [6.45, 7) is 10.9. The Balaban J connectivity index is 2.45. The fraction of sp³-hybridized carbons (Fsp3) is 0.474. The van der Waals surface area contributed by atoms with Gasteiger partial charge in [0.15, 0.2) is 8.32 Å². The number of nitrogens with zero attached hydrogens (tertiary/aromatic N) is 2. The first-order valence-electron chi connectivity index (χ1n) is 8.54. The molecule has 0 amide bonds. The first-order chi connectivity index (χ1) is 12.0. The van der Waals surface area contributed by atoms with Gasteiger partial charge in [-0.15, -0.1) is 0 Å². The van der Waals surface area contributed by atoms with E-state index in [0.717, 1.165) is 0 Å². The van der Waals surface area contributed by atoms with Crippen molar-refractivity contribution < 1.29 is 18.7 Å². The van der Waals surface area contributed by atoms with Crippen LogP contribution in [0.15, 0.2) is 18.2 Å². The molecule has 0 saturated heterocycles. The third-order valence-electron chi connectivity index (χ3n) is 5.18. The van der Waals surface area contributed by atoms with E-state index in [2.05, 4.69) is 33.9 Å². The number of carbonyl (C=O) groups is 1. The Bertz CT molecular complexity index is 876. The van der Waals surface area contributed by atoms with E-state index >= 15 is 0 Å². The van der Waals surface area contributed by atoms with Crippen LogP contribution in [0.5, 0.6) is 0 Å². The Morgan fingerprint density at radius 1 is 1.38 bits per heavy atom. The lowest BCUT2D eigenvalue weighted by atomic mass is 10.1. The number of nitriles is 1. The maximum absolute atomic E-state index is 13.7. The molecule has 0 aliphatic rings. The Morgan fingerprint density at radius 3 is 2.58 bits per heavy atom. The molecule has 1 heterocycles. The number of fused-ring (bicyclic) bond motifs is 1. The minimum absolute atomic E-state index is 0.0333. The Kier molecular flexibility index (Phi) is 5.59. The van der Waals surface area contributed by atoms with Crippen LogP contribution in [-0.2, 0) is 17.4 Å². The average molecular weight is 377 g/mol. The Morgan fingerprint density at radius 2 is 2.04 bits per heavy atom. The van der Waals surface area contributed by atoms with Gasteiger partial charge in [-0.2, -0.15) is 5.26 Å². The molecule has 2 rings (SSSR count). The predicted octanol–water partition coefficient (Wildman–Crippen LogP) is 4.57. The molecule has 0 bridgehead atoms. The normalized spacial score (nSPS) is 12.3. The number of hydrogen-bond acceptors (Lipinski definition) is 3. The molecule has 0 fully saturated rings. The topological polar surface area (TPSA) is 75.2 Å². The number of carboxylic acids is 1. The number of aromatic nitrogens is 1. The van der Waals surface area contributed by atoms with Crippen molar-refractivity contribution in [3.05, 3.63) is 35.3 Å². The molecule has 0 radical (unpaired) electrons. The summed E-state index contributed by atoms with van der Waals surface area (Å²) in [5.41, 5.74) is 1.04. The van der Waals surface area contributed by atoms with Gasteiger partial charge in [0.25, 0.3) is 0 Å². The van der Waals surface area contributed by atoms with Crippen LogP contribution in [0.25, 0.3) is 10.9 Å². The molecule has 7 heteroatoms. The van der Waals surface area contributed by atoms with Crippen molar-refractivity contribution in [3.8, 4) is 6.07 Å². The minimum atomic E-state index is -1.95. The van der Waals surface area contributed by atoms with Gasteiger partial charge >= 0.3 is 5.97 Å². The summed E-state index contributed by atoms with van der Waals surface area (Å²) in [6.07, 6.45) is 0.398. The highest BCUT2D eigenvalue weighted by Gasteiger charge is 2.37. The molecule has 0 aliphatic heterocycles. The number of hydrogen-bond donors (Lipinski definition) is 1. The maximum Gasteiger partial charge on any atom is 0.352 e. The minimum Gasteiger partial charge on any atom is -0.477 e. The summed E-state index contributed by atoms with van der Waals surface area (Å²) in [6, 6.07) is 6.12. The summed E-state index contributed by atoms with van der Waals surface area (Å²) >= 11 is 0. The largest absolute Gasteiger partial charge is 0.477 e. The van der Waals surface area contributed by atoms with Crippen LogP contribution in [-0.4, -0.2) is 30.6 Å². The molecular weight excluding hydrogens is 351 g/mol. The van der Waals surface area contributed by atoms with Crippen molar-refractivity contribution in [2.75, 3.05) is 6.61 Å². The molecular formula is C19H25FN2O3Si. The highest BCUT2D eigenvalue weighted by atomic mass is 28.4. The third kappa shape index (κ3) is 3.81. The molecule has 2 aromatic rings. The van der Waals surface area contributed by atoms with E-state index in [0.29, 0.717) is 29.5 Å². The van der Waals surface area contributed by atoms with E-state index in [1.54, 1.807) is 6.07 Å². The van der Waals surface area contributed by atoms with Crippen molar-refractivity contribution in [2.45, 2.75) is 51.9 Å². The standard InChI is InChI=1S/C19H25FN2O3Si/c1-19(2,3)26(4,5)25-11-8-15-14-7-6-13(20)12-16(14)22(10-9-21)17(15)18(23)24/h6-7,12H,8,10-11H2,1-5H3,(H,23,24). The van der Waals surface area contributed by atoms with Gasteiger partial charge in [0.05, 0.1) is 11.6 Å². The van der Waals surface area contributed by atoms with Gasteiger partial charge in [-0.3, -0.25) is 0 Å². The second-order valence-corrected chi connectivity index (χ2v) is 12.7. The van der Waals surface area contributed by atoms with Gasteiger partial charge in [0.2, 0.25) is 0 Å². The van der Waals surface area contributed by atoms with Gasteiger partial charge in [-0.1, -0.05) is 20.8 Å². The predicted molar refractivity (Wildman–Crippen MR) is 101 cm³/mol. The monoisotopic (exact) mass is 376 g/mol. The Labute approximate surface area is 154 Å². The zero-order valence-corrected chi connectivity index (χ0v) is 16.9. The smallest absolute Gasteiger partial charge is 0.352 e.